The number of carbonyl (C=O) groups is 3. The highest BCUT2D eigenvalue weighted by Crippen LogP contribution is 2.60. The molecule has 4 aromatic rings. The zero-order chi connectivity index (χ0) is 34.1. The first-order valence-electron chi connectivity index (χ1n) is 15.9. The van der Waals surface area contributed by atoms with Crippen molar-refractivity contribution >= 4 is 67.7 Å². The van der Waals surface area contributed by atoms with E-state index in [9.17, 15) is 18.6 Å². The van der Waals surface area contributed by atoms with Gasteiger partial charge in [0.1, 0.15) is 44.5 Å². The lowest BCUT2D eigenvalue weighted by molar-refractivity contribution is -0.174. The van der Waals surface area contributed by atoms with Crippen molar-refractivity contribution in [2.24, 2.45) is 0 Å². The molecule has 2 aliphatic rings. The third-order valence-electron chi connectivity index (χ3n) is 8.74. The molecule has 0 aromatic heterocycles. The van der Waals surface area contributed by atoms with Crippen molar-refractivity contribution in [1.29, 1.82) is 0 Å². The number of carbonyl (C=O) groups excluding carboxylic acids is 3. The van der Waals surface area contributed by atoms with Gasteiger partial charge in [-0.1, -0.05) is 101 Å². The molecule has 2 saturated heterocycles. The van der Waals surface area contributed by atoms with Gasteiger partial charge in [0.05, 0.1) is 12.6 Å². The number of nitrogens with one attached hydrogen (secondary N) is 1. The van der Waals surface area contributed by atoms with Gasteiger partial charge in [0.15, 0.2) is 6.04 Å². The molecule has 248 valence electrons. The first-order valence-corrected chi connectivity index (χ1v) is 20.1. The van der Waals surface area contributed by atoms with E-state index in [1.807, 2.05) is 84.9 Å². The molecule has 0 saturated carbocycles. The molecule has 2 fully saturated rings. The number of hydrogen-bond donors (Lipinski definition) is 1. The maximum atomic E-state index is 14.3. The van der Waals surface area contributed by atoms with Crippen LogP contribution in [0.5, 0.6) is 0 Å². The fraction of sp³-hybridized carbons (Fsp3) is 0.289. The van der Waals surface area contributed by atoms with E-state index in [0.29, 0.717) is 6.16 Å². The summed E-state index contributed by atoms with van der Waals surface area (Å²) in [5.74, 6) is -1.29. The number of esters is 1. The van der Waals surface area contributed by atoms with Gasteiger partial charge in [-0.25, -0.2) is 4.79 Å². The minimum Gasteiger partial charge on any atom is -0.458 e. The molecule has 5 atom stereocenters. The SMILES string of the molecule is CC(C)(C)OC(=O)C1N2C(=O)[C@@H](NC(=O)Cc3ccccc3)[C@H]2[S@@](=O)CC1(Br)C[P+](c1ccccc1)(c1ccccc1)c1ccccc1. The van der Waals surface area contributed by atoms with Crippen LogP contribution < -0.4 is 21.2 Å². The molecule has 10 heteroatoms. The Balaban J connectivity index is 1.43. The Morgan fingerprint density at radius 2 is 1.31 bits per heavy atom. The number of nitrogens with zero attached hydrogens (tertiary/aromatic N) is 1. The van der Waals surface area contributed by atoms with Crippen molar-refractivity contribution in [3.05, 3.63) is 127 Å². The number of rotatable bonds is 9. The summed E-state index contributed by atoms with van der Waals surface area (Å²) in [4.78, 5) is 42.8. The molecule has 2 amide bonds. The molecule has 1 N–H and O–H groups in total. The van der Waals surface area contributed by atoms with Gasteiger partial charge >= 0.3 is 5.97 Å². The van der Waals surface area contributed by atoms with E-state index in [1.54, 1.807) is 20.8 Å². The van der Waals surface area contributed by atoms with Crippen LogP contribution in [-0.2, 0) is 36.3 Å². The Kier molecular flexibility index (Phi) is 9.76. The van der Waals surface area contributed by atoms with Crippen LogP contribution in [0.25, 0.3) is 0 Å². The van der Waals surface area contributed by atoms with E-state index in [2.05, 4.69) is 57.6 Å². The second kappa shape index (κ2) is 13.7. The number of ether oxygens (including phenoxy) is 1. The van der Waals surface area contributed by atoms with Crippen molar-refractivity contribution in [1.82, 2.24) is 10.2 Å². The number of benzene rings is 4. The Bertz CT molecular complexity index is 1710. The lowest BCUT2D eigenvalue weighted by atomic mass is 9.94. The van der Waals surface area contributed by atoms with Crippen molar-refractivity contribution < 1.29 is 23.3 Å². The van der Waals surface area contributed by atoms with E-state index in [1.165, 1.54) is 4.90 Å². The van der Waals surface area contributed by atoms with Gasteiger partial charge in [-0.05, 0) is 62.7 Å². The van der Waals surface area contributed by atoms with Crippen LogP contribution in [0, 0.1) is 0 Å². The summed E-state index contributed by atoms with van der Waals surface area (Å²) in [7, 11) is -4.18. The van der Waals surface area contributed by atoms with E-state index in [0.717, 1.165) is 21.5 Å². The number of fused-ring (bicyclic) bond motifs is 1. The summed E-state index contributed by atoms with van der Waals surface area (Å²) in [6.07, 6.45) is 0.468. The van der Waals surface area contributed by atoms with Crippen LogP contribution in [0.1, 0.15) is 26.3 Å². The van der Waals surface area contributed by atoms with Gasteiger partial charge in [-0.15, -0.1) is 0 Å². The summed E-state index contributed by atoms with van der Waals surface area (Å²) < 4.78 is 19.2. The maximum absolute atomic E-state index is 14.3. The van der Waals surface area contributed by atoms with Gasteiger partial charge in [0.25, 0.3) is 0 Å². The van der Waals surface area contributed by atoms with Crippen molar-refractivity contribution in [3.63, 3.8) is 0 Å². The first kappa shape index (κ1) is 34.2. The summed E-state index contributed by atoms with van der Waals surface area (Å²) in [5.41, 5.74) is -0.0312. The Morgan fingerprint density at radius 3 is 1.77 bits per heavy atom. The molecule has 2 unspecified atom stereocenters. The summed E-state index contributed by atoms with van der Waals surface area (Å²) in [5, 5.41) is 5.25. The second-order valence-corrected chi connectivity index (χ2v) is 19.9. The third-order valence-corrected chi connectivity index (χ3v) is 17.0. The highest BCUT2D eigenvalue weighted by molar-refractivity contribution is 9.10. The highest BCUT2D eigenvalue weighted by atomic mass is 79.9. The summed E-state index contributed by atoms with van der Waals surface area (Å²) >= 11 is 4.04. The maximum Gasteiger partial charge on any atom is 0.331 e. The Hall–Kier alpha value is -3.65. The second-order valence-electron chi connectivity index (χ2n) is 13.3. The van der Waals surface area contributed by atoms with Gasteiger partial charge in [-0.3, -0.25) is 13.8 Å². The zero-order valence-electron chi connectivity index (χ0n) is 27.1. The molecular weight excluding hydrogens is 707 g/mol. The largest absolute Gasteiger partial charge is 0.458 e. The van der Waals surface area contributed by atoms with Crippen LogP contribution in [0.4, 0.5) is 0 Å². The molecule has 2 heterocycles. The van der Waals surface area contributed by atoms with Crippen molar-refractivity contribution in [3.8, 4) is 0 Å². The Morgan fingerprint density at radius 1 is 0.854 bits per heavy atom. The van der Waals surface area contributed by atoms with E-state index in [-0.39, 0.29) is 18.1 Å². The van der Waals surface area contributed by atoms with Gasteiger partial charge in [-0.2, -0.15) is 0 Å². The quantitative estimate of drug-likeness (QED) is 0.118. The molecule has 0 bridgehead atoms. The molecule has 7 nitrogen and oxygen atoms in total. The van der Waals surface area contributed by atoms with Gasteiger partial charge in [0.2, 0.25) is 11.8 Å². The lowest BCUT2D eigenvalue weighted by Gasteiger charge is -2.57. The van der Waals surface area contributed by atoms with Crippen LogP contribution in [0.3, 0.4) is 0 Å². The van der Waals surface area contributed by atoms with E-state index < -0.39 is 57.3 Å². The number of β-lactam (4-membered cyclic amide) rings is 1. The van der Waals surface area contributed by atoms with Gasteiger partial charge in [0, 0.05) is 16.6 Å². The van der Waals surface area contributed by atoms with Crippen LogP contribution in [0.2, 0.25) is 0 Å². The van der Waals surface area contributed by atoms with Crippen LogP contribution in [-0.4, -0.2) is 66.2 Å². The number of halogens is 1. The average Bonchev–Trinajstić information content (AvgIpc) is 3.07. The molecule has 0 aliphatic carbocycles. The smallest absolute Gasteiger partial charge is 0.331 e. The molecule has 2 aliphatic heterocycles. The minimum absolute atomic E-state index is 0.0741. The summed E-state index contributed by atoms with van der Waals surface area (Å²) in [6, 6.07) is 37.8. The third kappa shape index (κ3) is 6.65. The van der Waals surface area contributed by atoms with Gasteiger partial charge < -0.3 is 15.0 Å². The average molecular weight is 747 g/mol. The van der Waals surface area contributed by atoms with Crippen molar-refractivity contribution in [2.75, 3.05) is 11.9 Å². The first-order chi connectivity index (χ1) is 22.9. The molecule has 0 radical (unpaired) electrons. The molecule has 0 spiro atoms. The lowest BCUT2D eigenvalue weighted by Crippen LogP contribution is -2.82. The zero-order valence-corrected chi connectivity index (χ0v) is 30.4. The van der Waals surface area contributed by atoms with Crippen molar-refractivity contribution in [2.45, 2.75) is 54.6 Å². The van der Waals surface area contributed by atoms with Crippen LogP contribution >= 0.6 is 23.2 Å². The highest BCUT2D eigenvalue weighted by Gasteiger charge is 2.68. The monoisotopic (exact) mass is 745 g/mol. The standard InChI is InChI=1S/C38H38BrN2O5PS/c1-37(2,3)46-36(44)33-38(39,26-48(45)35-32(34(43)41(33)35)40-31(42)24-27-16-8-4-9-17-27)25-47(28-18-10-5-11-19-28,29-20-12-6-13-21-29)30-22-14-7-15-23-30/h4-23,32-33,35H,24-26H2,1-3H3/p+1/t32-,33?,35-,38?,48+/m1/s1. The fourth-order valence-corrected chi connectivity index (χ4v) is 15.6. The fourth-order valence-electron chi connectivity index (χ4n) is 6.81. The molecule has 48 heavy (non-hydrogen) atoms. The predicted octanol–water partition coefficient (Wildman–Crippen LogP) is 4.48. The summed E-state index contributed by atoms with van der Waals surface area (Å²) in [6.45, 7) is 5.37. The Labute approximate surface area is 293 Å². The predicted molar refractivity (Wildman–Crippen MR) is 197 cm³/mol. The topological polar surface area (TPSA) is 92.8 Å². The number of alkyl halides is 1. The number of amides is 2. The number of hydrogen-bond acceptors (Lipinski definition) is 5. The normalized spacial score (nSPS) is 23.8. The minimum atomic E-state index is -2.56. The molecular formula is C38H39BrN2O5PS+. The molecule has 4 aromatic carbocycles. The van der Waals surface area contributed by atoms with Crippen LogP contribution in [0.15, 0.2) is 121 Å². The van der Waals surface area contributed by atoms with E-state index in [4.69, 9.17) is 4.74 Å². The molecule has 6 rings (SSSR count). The van der Waals surface area contributed by atoms with E-state index >= 15 is 0 Å².